The minimum atomic E-state index is 0.0843. The number of H-pyrrole nitrogens is 1. The zero-order valence-corrected chi connectivity index (χ0v) is 16.5. The summed E-state index contributed by atoms with van der Waals surface area (Å²) < 4.78 is 7.65. The van der Waals surface area contributed by atoms with Crippen LogP contribution in [-0.2, 0) is 0 Å². The Morgan fingerprint density at radius 3 is 2.74 bits per heavy atom. The number of hydrogen-bond donors (Lipinski definition) is 1. The van der Waals surface area contributed by atoms with E-state index in [-0.39, 0.29) is 6.10 Å². The Kier molecular flexibility index (Phi) is 6.21. The predicted molar refractivity (Wildman–Crippen MR) is 113 cm³/mol. The molecule has 1 heterocycles. The van der Waals surface area contributed by atoms with Crippen molar-refractivity contribution in [2.45, 2.75) is 20.0 Å². The zero-order valence-electron chi connectivity index (χ0n) is 15.0. The van der Waals surface area contributed by atoms with E-state index in [9.17, 15) is 0 Å². The number of nitrogens with one attached hydrogen (secondary N) is 1. The first kappa shape index (κ1) is 19.1. The predicted octanol–water partition coefficient (Wildman–Crippen LogP) is 5.51. The first-order chi connectivity index (χ1) is 13.0. The van der Waals surface area contributed by atoms with E-state index in [1.807, 2.05) is 74.5 Å². The maximum absolute atomic E-state index is 6.28. The van der Waals surface area contributed by atoms with Gasteiger partial charge in [-0.05, 0) is 49.8 Å². The number of allylic oxidation sites excluding steroid dienone is 1. The first-order valence-electron chi connectivity index (χ1n) is 8.44. The Morgan fingerprint density at radius 1 is 1.22 bits per heavy atom. The van der Waals surface area contributed by atoms with E-state index in [1.54, 1.807) is 0 Å². The number of ether oxygens (including phenoxy) is 1. The fourth-order valence-electron chi connectivity index (χ4n) is 2.42. The van der Waals surface area contributed by atoms with Crippen LogP contribution in [0, 0.1) is 4.77 Å². The van der Waals surface area contributed by atoms with Gasteiger partial charge in [0.25, 0.3) is 0 Å². The van der Waals surface area contributed by atoms with Crippen molar-refractivity contribution in [2.24, 2.45) is 5.10 Å². The van der Waals surface area contributed by atoms with E-state index in [0.717, 1.165) is 16.9 Å². The van der Waals surface area contributed by atoms with E-state index in [2.05, 4.69) is 15.3 Å². The molecule has 0 aliphatic heterocycles. The molecule has 138 valence electrons. The number of nitrogens with zero attached hydrogens (tertiary/aromatic N) is 3. The third-order valence-corrected chi connectivity index (χ3v) is 3.99. The first-order valence-corrected chi connectivity index (χ1v) is 9.22. The Morgan fingerprint density at radius 2 is 2.00 bits per heavy atom. The molecule has 1 aromatic heterocycles. The standard InChI is InChI=1S/C20H19ClN4OS/c1-14(2)26-18-10-6-9-16(12-18)19-23-24-20(27)25(19)22-13-17(21)11-15-7-4-3-5-8-15/h3-14H,1-2H3,(H,24,27)/b17-11-,22-13-. The molecule has 5 nitrogen and oxygen atoms in total. The summed E-state index contributed by atoms with van der Waals surface area (Å²) in [5, 5.41) is 11.9. The number of aromatic nitrogens is 3. The smallest absolute Gasteiger partial charge is 0.216 e. The Labute approximate surface area is 168 Å². The molecule has 3 rings (SSSR count). The highest BCUT2D eigenvalue weighted by Gasteiger charge is 2.09. The molecule has 0 aliphatic rings. The molecule has 27 heavy (non-hydrogen) atoms. The van der Waals surface area contributed by atoms with Crippen molar-refractivity contribution >= 4 is 36.1 Å². The third-order valence-electron chi connectivity index (χ3n) is 3.52. The number of halogens is 1. The topological polar surface area (TPSA) is 55.2 Å². The number of aromatic amines is 1. The lowest BCUT2D eigenvalue weighted by atomic mass is 10.2. The van der Waals surface area contributed by atoms with Crippen LogP contribution in [0.25, 0.3) is 17.5 Å². The Hall–Kier alpha value is -2.70. The molecule has 1 N–H and O–H groups in total. The van der Waals surface area contributed by atoms with Crippen LogP contribution in [0.5, 0.6) is 5.75 Å². The van der Waals surface area contributed by atoms with Gasteiger partial charge in [0.15, 0.2) is 5.82 Å². The van der Waals surface area contributed by atoms with Crippen LogP contribution < -0.4 is 4.74 Å². The van der Waals surface area contributed by atoms with E-state index >= 15 is 0 Å². The molecule has 2 aromatic carbocycles. The van der Waals surface area contributed by atoms with Gasteiger partial charge in [-0.3, -0.25) is 0 Å². The van der Waals surface area contributed by atoms with Gasteiger partial charge in [0.2, 0.25) is 4.77 Å². The van der Waals surface area contributed by atoms with Crippen molar-refractivity contribution < 1.29 is 4.74 Å². The van der Waals surface area contributed by atoms with Crippen molar-refractivity contribution in [2.75, 3.05) is 0 Å². The molecule has 0 bridgehead atoms. The zero-order chi connectivity index (χ0) is 19.2. The molecule has 0 unspecified atom stereocenters. The molecule has 0 atom stereocenters. The maximum Gasteiger partial charge on any atom is 0.216 e. The lowest BCUT2D eigenvalue weighted by Crippen LogP contribution is -2.05. The number of hydrogen-bond acceptors (Lipinski definition) is 4. The molecule has 0 spiro atoms. The van der Waals surface area contributed by atoms with E-state index in [1.165, 1.54) is 10.9 Å². The second-order valence-electron chi connectivity index (χ2n) is 6.04. The molecular weight excluding hydrogens is 380 g/mol. The van der Waals surface area contributed by atoms with E-state index in [0.29, 0.717) is 15.6 Å². The van der Waals surface area contributed by atoms with E-state index < -0.39 is 0 Å². The van der Waals surface area contributed by atoms with Gasteiger partial charge in [0.05, 0.1) is 17.4 Å². The van der Waals surface area contributed by atoms with Crippen molar-refractivity contribution in [3.8, 4) is 17.1 Å². The van der Waals surface area contributed by atoms with Crippen LogP contribution in [0.4, 0.5) is 0 Å². The summed E-state index contributed by atoms with van der Waals surface area (Å²) in [6.45, 7) is 3.96. The van der Waals surface area contributed by atoms with Gasteiger partial charge >= 0.3 is 0 Å². The Balaban J connectivity index is 1.89. The second-order valence-corrected chi connectivity index (χ2v) is 6.87. The maximum atomic E-state index is 6.28. The molecule has 7 heteroatoms. The largest absolute Gasteiger partial charge is 0.491 e. The molecular formula is C20H19ClN4OS. The highest BCUT2D eigenvalue weighted by molar-refractivity contribution is 7.71. The second kappa shape index (κ2) is 8.79. The van der Waals surface area contributed by atoms with Gasteiger partial charge in [0.1, 0.15) is 5.75 Å². The minimum absolute atomic E-state index is 0.0843. The molecule has 0 radical (unpaired) electrons. The number of rotatable bonds is 6. The van der Waals surface area contributed by atoms with Gasteiger partial charge in [-0.15, -0.1) is 0 Å². The van der Waals surface area contributed by atoms with Crippen LogP contribution >= 0.6 is 23.8 Å². The normalized spacial score (nSPS) is 12.1. The summed E-state index contributed by atoms with van der Waals surface area (Å²) in [5.41, 5.74) is 1.82. The summed E-state index contributed by atoms with van der Waals surface area (Å²) in [5.74, 6) is 1.34. The van der Waals surface area contributed by atoms with Crippen LogP contribution in [-0.4, -0.2) is 27.2 Å². The lowest BCUT2D eigenvalue weighted by Gasteiger charge is -2.10. The van der Waals surface area contributed by atoms with Gasteiger partial charge < -0.3 is 4.74 Å². The molecule has 0 saturated heterocycles. The van der Waals surface area contributed by atoms with Crippen molar-refractivity contribution in [1.82, 2.24) is 14.9 Å². The average Bonchev–Trinajstić information content (AvgIpc) is 3.01. The van der Waals surface area contributed by atoms with Crippen LogP contribution in [0.3, 0.4) is 0 Å². The van der Waals surface area contributed by atoms with Gasteiger partial charge in [-0.1, -0.05) is 54.1 Å². The van der Waals surface area contributed by atoms with Gasteiger partial charge in [-0.2, -0.15) is 14.9 Å². The fourth-order valence-corrected chi connectivity index (χ4v) is 2.77. The van der Waals surface area contributed by atoms with E-state index in [4.69, 9.17) is 28.6 Å². The summed E-state index contributed by atoms with van der Waals surface area (Å²) in [6, 6.07) is 17.4. The SMILES string of the molecule is CC(C)Oc1cccc(-c2n[nH]c(=S)n2/N=C\C(Cl)=C\c2ccccc2)c1. The molecule has 0 amide bonds. The summed E-state index contributed by atoms with van der Waals surface area (Å²) >= 11 is 11.6. The number of benzene rings is 2. The van der Waals surface area contributed by atoms with Gasteiger partial charge in [0, 0.05) is 5.56 Å². The quantitative estimate of drug-likeness (QED) is 0.440. The molecule has 3 aromatic rings. The molecule has 0 saturated carbocycles. The highest BCUT2D eigenvalue weighted by atomic mass is 35.5. The Bertz CT molecular complexity index is 1020. The summed E-state index contributed by atoms with van der Waals surface area (Å²) in [6.07, 6.45) is 3.45. The fraction of sp³-hybridized carbons (Fsp3) is 0.150. The van der Waals surface area contributed by atoms with Crippen molar-refractivity contribution in [3.05, 3.63) is 70.0 Å². The van der Waals surface area contributed by atoms with Crippen molar-refractivity contribution in [1.29, 1.82) is 0 Å². The minimum Gasteiger partial charge on any atom is -0.491 e. The van der Waals surface area contributed by atoms with Gasteiger partial charge in [-0.25, -0.2) is 5.10 Å². The summed E-state index contributed by atoms with van der Waals surface area (Å²) in [7, 11) is 0. The van der Waals surface area contributed by atoms with Crippen LogP contribution in [0.2, 0.25) is 0 Å². The molecule has 0 aliphatic carbocycles. The van der Waals surface area contributed by atoms with Crippen LogP contribution in [0.1, 0.15) is 19.4 Å². The summed E-state index contributed by atoms with van der Waals surface area (Å²) in [4.78, 5) is 0. The van der Waals surface area contributed by atoms with Crippen LogP contribution in [0.15, 0.2) is 64.7 Å². The third kappa shape index (κ3) is 5.15. The average molecular weight is 399 g/mol. The lowest BCUT2D eigenvalue weighted by molar-refractivity contribution is 0.242. The molecule has 0 fully saturated rings. The highest BCUT2D eigenvalue weighted by Crippen LogP contribution is 2.23. The van der Waals surface area contributed by atoms with Crippen molar-refractivity contribution in [3.63, 3.8) is 0 Å². The monoisotopic (exact) mass is 398 g/mol.